The molecule has 1 atom stereocenters. The van der Waals surface area contributed by atoms with E-state index in [0.717, 1.165) is 32.2 Å². The van der Waals surface area contributed by atoms with Crippen molar-refractivity contribution in [3.8, 4) is 0 Å². The minimum Gasteiger partial charge on any atom is -0.381 e. The third-order valence-corrected chi connectivity index (χ3v) is 2.34. The molecule has 0 heterocycles. The maximum absolute atomic E-state index is 5.62. The Morgan fingerprint density at radius 1 is 1.07 bits per heavy atom. The maximum Gasteiger partial charge on any atom is 0.0503 e. The summed E-state index contributed by atoms with van der Waals surface area (Å²) in [6, 6.07) is 0. The molecule has 0 saturated carbocycles. The Morgan fingerprint density at radius 3 is 2.40 bits per heavy atom. The van der Waals surface area contributed by atoms with Crippen LogP contribution in [-0.4, -0.2) is 26.3 Å². The molecule has 0 radical (unpaired) electrons. The third-order valence-electron chi connectivity index (χ3n) is 2.34. The first-order valence-electron chi connectivity index (χ1n) is 6.45. The predicted molar refractivity (Wildman–Crippen MR) is 67.2 cm³/mol. The van der Waals surface area contributed by atoms with Crippen LogP contribution >= 0.6 is 0 Å². The monoisotopic (exact) mass is 215 g/mol. The fourth-order valence-electron chi connectivity index (χ4n) is 1.42. The second-order valence-electron chi connectivity index (χ2n) is 4.94. The van der Waals surface area contributed by atoms with Crippen molar-refractivity contribution >= 4 is 0 Å². The van der Waals surface area contributed by atoms with Gasteiger partial charge >= 0.3 is 0 Å². The standard InChI is InChI=1S/C13H29NO/c1-5-6-7-8-15-11-13(4)10-14-9-12(2)3/h12-14H,5-11H2,1-4H3. The van der Waals surface area contributed by atoms with Crippen molar-refractivity contribution in [3.05, 3.63) is 0 Å². The van der Waals surface area contributed by atoms with E-state index in [-0.39, 0.29) is 0 Å². The molecular formula is C13H29NO. The van der Waals surface area contributed by atoms with Crippen LogP contribution < -0.4 is 5.32 Å². The molecule has 0 saturated heterocycles. The van der Waals surface area contributed by atoms with Crippen LogP contribution in [0.2, 0.25) is 0 Å². The second-order valence-corrected chi connectivity index (χ2v) is 4.94. The first-order chi connectivity index (χ1) is 7.16. The zero-order valence-electron chi connectivity index (χ0n) is 11.0. The molecule has 15 heavy (non-hydrogen) atoms. The van der Waals surface area contributed by atoms with Crippen LogP contribution in [0.15, 0.2) is 0 Å². The molecule has 1 N–H and O–H groups in total. The van der Waals surface area contributed by atoms with Crippen molar-refractivity contribution in [1.29, 1.82) is 0 Å². The quantitative estimate of drug-likeness (QED) is 0.565. The zero-order valence-corrected chi connectivity index (χ0v) is 11.0. The van der Waals surface area contributed by atoms with Gasteiger partial charge < -0.3 is 10.1 Å². The van der Waals surface area contributed by atoms with Gasteiger partial charge in [0.1, 0.15) is 0 Å². The van der Waals surface area contributed by atoms with E-state index in [1.165, 1.54) is 19.3 Å². The fourth-order valence-corrected chi connectivity index (χ4v) is 1.42. The third kappa shape index (κ3) is 11.8. The Morgan fingerprint density at radius 2 is 1.80 bits per heavy atom. The molecule has 0 aromatic heterocycles. The number of nitrogens with one attached hydrogen (secondary N) is 1. The van der Waals surface area contributed by atoms with Crippen LogP contribution in [0, 0.1) is 11.8 Å². The van der Waals surface area contributed by atoms with Crippen LogP contribution in [0.5, 0.6) is 0 Å². The van der Waals surface area contributed by atoms with E-state index >= 15 is 0 Å². The van der Waals surface area contributed by atoms with Gasteiger partial charge in [-0.2, -0.15) is 0 Å². The fraction of sp³-hybridized carbons (Fsp3) is 1.00. The largest absolute Gasteiger partial charge is 0.381 e. The lowest BCUT2D eigenvalue weighted by atomic mass is 10.2. The van der Waals surface area contributed by atoms with E-state index in [4.69, 9.17) is 4.74 Å². The van der Waals surface area contributed by atoms with Gasteiger partial charge in [-0.05, 0) is 31.3 Å². The van der Waals surface area contributed by atoms with Gasteiger partial charge in [-0.15, -0.1) is 0 Å². The van der Waals surface area contributed by atoms with Crippen molar-refractivity contribution in [3.63, 3.8) is 0 Å². The van der Waals surface area contributed by atoms with Gasteiger partial charge in [0.2, 0.25) is 0 Å². The number of rotatable bonds is 10. The summed E-state index contributed by atoms with van der Waals surface area (Å²) in [5.41, 5.74) is 0. The van der Waals surface area contributed by atoms with Crippen LogP contribution in [-0.2, 0) is 4.74 Å². The summed E-state index contributed by atoms with van der Waals surface area (Å²) in [6.45, 7) is 13.0. The van der Waals surface area contributed by atoms with Crippen LogP contribution in [0.1, 0.15) is 47.0 Å². The lowest BCUT2D eigenvalue weighted by Crippen LogP contribution is -2.27. The molecule has 0 aromatic rings. The first-order valence-corrected chi connectivity index (χ1v) is 6.45. The second kappa shape index (κ2) is 10.4. The summed E-state index contributed by atoms with van der Waals surface area (Å²) < 4.78 is 5.62. The van der Waals surface area contributed by atoms with E-state index in [9.17, 15) is 0 Å². The van der Waals surface area contributed by atoms with Gasteiger partial charge in [0, 0.05) is 6.61 Å². The molecule has 0 bridgehead atoms. The summed E-state index contributed by atoms with van der Waals surface area (Å²) in [5, 5.41) is 3.46. The number of unbranched alkanes of at least 4 members (excludes halogenated alkanes) is 2. The molecule has 0 aliphatic heterocycles. The SMILES string of the molecule is CCCCCOCC(C)CNCC(C)C. The normalized spacial score (nSPS) is 13.4. The highest BCUT2D eigenvalue weighted by atomic mass is 16.5. The van der Waals surface area contributed by atoms with Gasteiger partial charge in [0.05, 0.1) is 6.61 Å². The van der Waals surface area contributed by atoms with Crippen molar-refractivity contribution in [2.75, 3.05) is 26.3 Å². The highest BCUT2D eigenvalue weighted by Crippen LogP contribution is 1.98. The minimum atomic E-state index is 0.630. The maximum atomic E-state index is 5.62. The van der Waals surface area contributed by atoms with Crippen molar-refractivity contribution in [1.82, 2.24) is 5.32 Å². The van der Waals surface area contributed by atoms with E-state index in [0.29, 0.717) is 5.92 Å². The summed E-state index contributed by atoms with van der Waals surface area (Å²) in [7, 11) is 0. The molecule has 92 valence electrons. The summed E-state index contributed by atoms with van der Waals surface area (Å²) >= 11 is 0. The Kier molecular flexibility index (Phi) is 10.4. The van der Waals surface area contributed by atoms with Crippen LogP contribution in [0.3, 0.4) is 0 Å². The number of hydrogen-bond acceptors (Lipinski definition) is 2. The van der Waals surface area contributed by atoms with Crippen molar-refractivity contribution < 1.29 is 4.74 Å². The number of ether oxygens (including phenoxy) is 1. The first kappa shape index (κ1) is 14.9. The Balaban J connectivity index is 3.15. The van der Waals surface area contributed by atoms with E-state index in [1.807, 2.05) is 0 Å². The highest BCUT2D eigenvalue weighted by Gasteiger charge is 2.02. The van der Waals surface area contributed by atoms with Crippen molar-refractivity contribution in [2.45, 2.75) is 47.0 Å². The topological polar surface area (TPSA) is 21.3 Å². The van der Waals surface area contributed by atoms with Gasteiger partial charge in [-0.3, -0.25) is 0 Å². The van der Waals surface area contributed by atoms with Crippen LogP contribution in [0.4, 0.5) is 0 Å². The molecule has 0 aromatic carbocycles. The smallest absolute Gasteiger partial charge is 0.0503 e. The molecule has 0 amide bonds. The molecule has 0 spiro atoms. The lowest BCUT2D eigenvalue weighted by Gasteiger charge is -2.14. The summed E-state index contributed by atoms with van der Waals surface area (Å²) in [4.78, 5) is 0. The van der Waals surface area contributed by atoms with E-state index in [2.05, 4.69) is 33.0 Å². The lowest BCUT2D eigenvalue weighted by molar-refractivity contribution is 0.101. The van der Waals surface area contributed by atoms with E-state index < -0.39 is 0 Å². The predicted octanol–water partition coefficient (Wildman–Crippen LogP) is 3.07. The van der Waals surface area contributed by atoms with Crippen molar-refractivity contribution in [2.24, 2.45) is 11.8 Å². The van der Waals surface area contributed by atoms with Gasteiger partial charge in [0.25, 0.3) is 0 Å². The Labute approximate surface area is 95.8 Å². The Hall–Kier alpha value is -0.0800. The molecule has 2 heteroatoms. The molecular weight excluding hydrogens is 186 g/mol. The zero-order chi connectivity index (χ0) is 11.5. The van der Waals surface area contributed by atoms with Crippen LogP contribution in [0.25, 0.3) is 0 Å². The molecule has 1 unspecified atom stereocenters. The summed E-state index contributed by atoms with van der Waals surface area (Å²) in [5.74, 6) is 1.37. The van der Waals surface area contributed by atoms with E-state index in [1.54, 1.807) is 0 Å². The number of hydrogen-bond donors (Lipinski definition) is 1. The molecule has 0 fully saturated rings. The minimum absolute atomic E-state index is 0.630. The van der Waals surface area contributed by atoms with Gasteiger partial charge in [-0.1, -0.05) is 40.5 Å². The average molecular weight is 215 g/mol. The molecule has 0 aliphatic rings. The molecule has 0 rings (SSSR count). The van der Waals surface area contributed by atoms with Gasteiger partial charge in [-0.25, -0.2) is 0 Å². The highest BCUT2D eigenvalue weighted by molar-refractivity contribution is 4.57. The van der Waals surface area contributed by atoms with Gasteiger partial charge in [0.15, 0.2) is 0 Å². The Bertz CT molecular complexity index is 126. The average Bonchev–Trinajstić information content (AvgIpc) is 2.17. The molecule has 2 nitrogen and oxygen atoms in total. The summed E-state index contributed by atoms with van der Waals surface area (Å²) in [6.07, 6.45) is 3.78. The molecule has 0 aliphatic carbocycles.